The zero-order valence-corrected chi connectivity index (χ0v) is 13.5. The Kier molecular flexibility index (Phi) is 60.3. The Bertz CT molecular complexity index is 76.6. The number of hydrogen-bond donors (Lipinski definition) is 0. The van der Waals surface area contributed by atoms with Crippen molar-refractivity contribution in [1.82, 2.24) is 0 Å². The fourth-order valence-corrected chi connectivity index (χ4v) is 0. The topological polar surface area (TPSA) is 132 Å². The maximum atomic E-state index is 8.25. The van der Waals surface area contributed by atoms with Gasteiger partial charge in [-0.25, -0.2) is 0 Å². The summed E-state index contributed by atoms with van der Waals surface area (Å²) in [6, 6.07) is 0. The van der Waals surface area contributed by atoms with Crippen LogP contribution < -0.4 is 110 Å². The van der Waals surface area contributed by atoms with Gasteiger partial charge in [-0.3, -0.25) is 0 Å². The third-order valence-corrected chi connectivity index (χ3v) is 0. The summed E-state index contributed by atoms with van der Waals surface area (Å²) < 4.78 is 0. The van der Waals surface area contributed by atoms with Gasteiger partial charge in [0.2, 0.25) is 0 Å². The van der Waals surface area contributed by atoms with Crippen molar-refractivity contribution in [3.8, 4) is 0 Å². The monoisotopic (exact) mass is 209 g/mol. The maximum Gasteiger partial charge on any atom is 1.00 e. The van der Waals surface area contributed by atoms with E-state index in [1.165, 1.54) is 0 Å². The molecule has 0 amide bonds. The fraction of sp³-hybridized carbons (Fsp3) is 0. The Hall–Kier alpha value is 2.04. The first-order chi connectivity index (χ1) is 3.46. The standard InChI is InChI=1S/K.2NO3.2Na/c;2*2-1(3)4;;/q+1;2*-1;2*+1. The van der Waals surface area contributed by atoms with Gasteiger partial charge in [-0.1, -0.05) is 0 Å². The second kappa shape index (κ2) is 22.7. The van der Waals surface area contributed by atoms with Crippen molar-refractivity contribution in [1.29, 1.82) is 0 Å². The third kappa shape index (κ3) is 292. The van der Waals surface area contributed by atoms with Crippen molar-refractivity contribution >= 4 is 0 Å². The van der Waals surface area contributed by atoms with E-state index in [9.17, 15) is 0 Å². The molecule has 0 bridgehead atoms. The van der Waals surface area contributed by atoms with Crippen LogP contribution in [0.2, 0.25) is 0 Å². The third-order valence-electron chi connectivity index (χ3n) is 0. The maximum absolute atomic E-state index is 8.25. The van der Waals surface area contributed by atoms with Gasteiger partial charge in [-0.05, 0) is 0 Å². The number of rotatable bonds is 0. The summed E-state index contributed by atoms with van der Waals surface area (Å²) in [6.45, 7) is 0. The molecule has 0 saturated heterocycles. The van der Waals surface area contributed by atoms with Crippen LogP contribution in [0.25, 0.3) is 0 Å². The molecule has 11 heavy (non-hydrogen) atoms. The molecule has 0 N–H and O–H groups in total. The van der Waals surface area contributed by atoms with Crippen LogP contribution in [0, 0.1) is 30.6 Å². The van der Waals surface area contributed by atoms with E-state index in [0.29, 0.717) is 0 Å². The Balaban J connectivity index is -0.0000000171. The first-order valence-electron chi connectivity index (χ1n) is 1.10. The van der Waals surface area contributed by atoms with Crippen molar-refractivity contribution in [2.24, 2.45) is 0 Å². The molecule has 0 heterocycles. The molecule has 8 nitrogen and oxygen atoms in total. The van der Waals surface area contributed by atoms with Crippen molar-refractivity contribution in [3.63, 3.8) is 0 Å². The van der Waals surface area contributed by atoms with E-state index in [1.54, 1.807) is 0 Å². The zero-order valence-electron chi connectivity index (χ0n) is 6.34. The normalized spacial score (nSPS) is 4.36. The van der Waals surface area contributed by atoms with Crippen molar-refractivity contribution in [2.45, 2.75) is 0 Å². The molecule has 0 aromatic rings. The Labute approximate surface area is 148 Å². The fourth-order valence-electron chi connectivity index (χ4n) is 0. The van der Waals surface area contributed by atoms with Gasteiger partial charge in [-0.15, -0.1) is 0 Å². The summed E-state index contributed by atoms with van der Waals surface area (Å²) in [5.74, 6) is 0. The van der Waals surface area contributed by atoms with Crippen LogP contribution >= 0.6 is 0 Å². The van der Waals surface area contributed by atoms with Gasteiger partial charge in [0, 0.05) is 0 Å². The van der Waals surface area contributed by atoms with Gasteiger partial charge in [0.25, 0.3) is 0 Å². The van der Waals surface area contributed by atoms with Crippen LogP contribution in [0.15, 0.2) is 0 Å². The van der Waals surface area contributed by atoms with Crippen LogP contribution in [-0.2, 0) is 0 Å². The van der Waals surface area contributed by atoms with E-state index >= 15 is 0 Å². The van der Waals surface area contributed by atoms with Gasteiger partial charge in [0.1, 0.15) is 0 Å². The first kappa shape index (κ1) is 29.2. The largest absolute Gasteiger partial charge is 1.00 e. The molecule has 0 aliphatic rings. The Morgan fingerprint density at radius 3 is 0.727 bits per heavy atom. The van der Waals surface area contributed by atoms with E-state index in [0.717, 1.165) is 0 Å². The second-order valence-corrected chi connectivity index (χ2v) is 0.447. The average Bonchev–Trinajstić information content (AvgIpc) is 1.25. The summed E-state index contributed by atoms with van der Waals surface area (Å²) in [5.41, 5.74) is 0. The van der Waals surface area contributed by atoms with Crippen LogP contribution in [0.5, 0.6) is 0 Å². The van der Waals surface area contributed by atoms with Crippen LogP contribution in [-0.4, -0.2) is 10.2 Å². The Morgan fingerprint density at radius 2 is 0.727 bits per heavy atom. The number of hydrogen-bond acceptors (Lipinski definition) is 6. The van der Waals surface area contributed by atoms with E-state index in [2.05, 4.69) is 0 Å². The molecule has 0 aliphatic heterocycles. The van der Waals surface area contributed by atoms with Crippen molar-refractivity contribution in [3.05, 3.63) is 30.6 Å². The molecular weight excluding hydrogens is 209 g/mol. The summed E-state index contributed by atoms with van der Waals surface area (Å²) in [4.78, 5) is 16.5. The van der Waals surface area contributed by atoms with Gasteiger partial charge in [0.15, 0.2) is 0 Å². The van der Waals surface area contributed by atoms with Crippen LogP contribution in [0.4, 0.5) is 0 Å². The average molecular weight is 209 g/mol. The molecular formula is KN2Na2O6+. The van der Waals surface area contributed by atoms with Gasteiger partial charge < -0.3 is 30.6 Å². The Morgan fingerprint density at radius 1 is 0.727 bits per heavy atom. The van der Waals surface area contributed by atoms with Crippen LogP contribution in [0.1, 0.15) is 0 Å². The van der Waals surface area contributed by atoms with Gasteiger partial charge in [-0.2, -0.15) is 0 Å². The first-order valence-corrected chi connectivity index (χ1v) is 1.10. The molecule has 0 saturated carbocycles. The SMILES string of the molecule is O=[N+]([O-])[O-].O=[N+]([O-])[O-].[K+].[Na+].[Na+]. The minimum Gasteiger partial charge on any atom is -0.356 e. The molecule has 0 atom stereocenters. The predicted molar refractivity (Wildman–Crippen MR) is 20.7 cm³/mol. The summed E-state index contributed by atoms with van der Waals surface area (Å²) in [5, 5.41) is 29.5. The quantitative estimate of drug-likeness (QED) is 0.221. The van der Waals surface area contributed by atoms with Crippen molar-refractivity contribution in [2.75, 3.05) is 0 Å². The van der Waals surface area contributed by atoms with E-state index in [4.69, 9.17) is 30.6 Å². The molecule has 0 spiro atoms. The minimum atomic E-state index is -1.75. The summed E-state index contributed by atoms with van der Waals surface area (Å²) in [6.07, 6.45) is 0. The summed E-state index contributed by atoms with van der Waals surface area (Å²) >= 11 is 0. The molecule has 0 unspecified atom stereocenters. The van der Waals surface area contributed by atoms with E-state index in [-0.39, 0.29) is 110 Å². The molecule has 0 aromatic carbocycles. The van der Waals surface area contributed by atoms with Crippen LogP contribution in [0.3, 0.4) is 0 Å². The zero-order chi connectivity index (χ0) is 7.15. The molecule has 0 aliphatic carbocycles. The molecule has 48 valence electrons. The molecule has 0 radical (unpaired) electrons. The predicted octanol–water partition coefficient (Wildman–Crippen LogP) is -9.47. The molecule has 11 heteroatoms. The molecule has 0 aromatic heterocycles. The van der Waals surface area contributed by atoms with Crippen molar-refractivity contribution < 1.29 is 121 Å². The van der Waals surface area contributed by atoms with Gasteiger partial charge in [0.05, 0.1) is 10.2 Å². The second-order valence-electron chi connectivity index (χ2n) is 0.447. The van der Waals surface area contributed by atoms with E-state index < -0.39 is 10.2 Å². The minimum absolute atomic E-state index is 0. The molecule has 0 fully saturated rings. The number of nitrogens with zero attached hydrogens (tertiary/aromatic N) is 2. The smallest absolute Gasteiger partial charge is 0.356 e. The summed E-state index contributed by atoms with van der Waals surface area (Å²) in [7, 11) is 0. The molecule has 0 rings (SSSR count). The van der Waals surface area contributed by atoms with E-state index in [1.807, 2.05) is 0 Å². The van der Waals surface area contributed by atoms with Gasteiger partial charge >= 0.3 is 110 Å².